The highest BCUT2D eigenvalue weighted by Crippen LogP contribution is 2.36. The van der Waals surface area contributed by atoms with Crippen molar-refractivity contribution in [3.05, 3.63) is 57.8 Å². The average molecular weight is 425 g/mol. The number of pyridine rings is 1. The van der Waals surface area contributed by atoms with E-state index >= 15 is 0 Å². The van der Waals surface area contributed by atoms with Crippen LogP contribution in [0.2, 0.25) is 0 Å². The number of rotatable bonds is 6. The normalized spacial score (nSPS) is 14.0. The number of alkyl halides is 3. The molecule has 0 fully saturated rings. The Hall–Kier alpha value is -2.76. The van der Waals surface area contributed by atoms with Crippen LogP contribution in [-0.4, -0.2) is 32.1 Å². The van der Waals surface area contributed by atoms with Crippen LogP contribution in [-0.2, 0) is 18.3 Å². The van der Waals surface area contributed by atoms with E-state index < -0.39 is 23.2 Å². The summed E-state index contributed by atoms with van der Waals surface area (Å²) in [6, 6.07) is 5.14. The van der Waals surface area contributed by atoms with Gasteiger partial charge in [0.25, 0.3) is 5.91 Å². The number of aliphatic hydroxyl groups is 1. The van der Waals surface area contributed by atoms with Gasteiger partial charge in [-0.15, -0.1) is 11.3 Å². The third kappa shape index (κ3) is 3.76. The Balaban J connectivity index is 2.19. The van der Waals surface area contributed by atoms with Gasteiger partial charge >= 0.3 is 6.18 Å². The van der Waals surface area contributed by atoms with Crippen molar-refractivity contribution in [2.24, 2.45) is 11.5 Å². The molecule has 1 atom stereocenters. The van der Waals surface area contributed by atoms with Crippen molar-refractivity contribution in [2.75, 3.05) is 6.54 Å². The topological polar surface area (TPSA) is 120 Å². The summed E-state index contributed by atoms with van der Waals surface area (Å²) >= 11 is 1.24. The van der Waals surface area contributed by atoms with Crippen LogP contribution in [0.25, 0.3) is 11.4 Å². The van der Waals surface area contributed by atoms with Gasteiger partial charge in [0, 0.05) is 18.1 Å². The van der Waals surface area contributed by atoms with Gasteiger partial charge in [0.1, 0.15) is 16.2 Å². The van der Waals surface area contributed by atoms with Gasteiger partial charge in [0.05, 0.1) is 29.3 Å². The molecule has 0 bridgehead atoms. The van der Waals surface area contributed by atoms with E-state index in [2.05, 4.69) is 9.97 Å². The molecule has 0 aliphatic carbocycles. The minimum atomic E-state index is -4.51. The first-order chi connectivity index (χ1) is 13.6. The number of aliphatic hydroxyl groups excluding tert-OH is 1. The number of hydrogen-bond acceptors (Lipinski definition) is 6. The number of hydrogen-bond donors (Lipinski definition) is 3. The molecule has 3 heterocycles. The van der Waals surface area contributed by atoms with Crippen LogP contribution in [0.15, 0.2) is 35.8 Å². The number of amides is 1. The lowest BCUT2D eigenvalue weighted by Gasteiger charge is -2.31. The van der Waals surface area contributed by atoms with Crippen molar-refractivity contribution in [3.63, 3.8) is 0 Å². The minimum absolute atomic E-state index is 0.00791. The van der Waals surface area contributed by atoms with Gasteiger partial charge in [-0.2, -0.15) is 13.2 Å². The van der Waals surface area contributed by atoms with Crippen LogP contribution in [0.3, 0.4) is 0 Å². The third-order valence-corrected chi connectivity index (χ3v) is 5.70. The number of carbonyl (C=O) groups excluding carboxylic acids is 1. The summed E-state index contributed by atoms with van der Waals surface area (Å²) in [7, 11) is 0. The Morgan fingerprint density at radius 3 is 2.48 bits per heavy atom. The predicted octanol–water partition coefficient (Wildman–Crippen LogP) is 2.34. The van der Waals surface area contributed by atoms with Gasteiger partial charge < -0.3 is 21.1 Å². The maximum absolute atomic E-state index is 12.9. The Morgan fingerprint density at radius 2 is 2.00 bits per heavy atom. The van der Waals surface area contributed by atoms with Crippen molar-refractivity contribution < 1.29 is 23.1 Å². The van der Waals surface area contributed by atoms with Crippen LogP contribution in [0.1, 0.15) is 33.7 Å². The number of halogens is 3. The zero-order chi connectivity index (χ0) is 21.4. The quantitative estimate of drug-likeness (QED) is 0.560. The van der Waals surface area contributed by atoms with Crippen LogP contribution in [0.5, 0.6) is 0 Å². The molecule has 0 aliphatic rings. The lowest BCUT2D eigenvalue weighted by Crippen LogP contribution is -2.42. The van der Waals surface area contributed by atoms with Crippen molar-refractivity contribution in [1.82, 2.24) is 14.5 Å². The Labute approximate surface area is 167 Å². The average Bonchev–Trinajstić information content (AvgIpc) is 3.34. The van der Waals surface area contributed by atoms with Crippen molar-refractivity contribution in [2.45, 2.75) is 25.2 Å². The molecule has 29 heavy (non-hydrogen) atoms. The highest BCUT2D eigenvalue weighted by molar-refractivity contribution is 7.09. The summed E-state index contributed by atoms with van der Waals surface area (Å²) < 4.78 is 40.1. The van der Waals surface area contributed by atoms with E-state index in [1.165, 1.54) is 28.0 Å². The molecule has 3 rings (SSSR count). The molecule has 5 N–H and O–H groups in total. The molecular weight excluding hydrogens is 407 g/mol. The predicted molar refractivity (Wildman–Crippen MR) is 101 cm³/mol. The molecule has 0 saturated carbocycles. The monoisotopic (exact) mass is 425 g/mol. The van der Waals surface area contributed by atoms with E-state index in [1.807, 2.05) is 0 Å². The fourth-order valence-corrected chi connectivity index (χ4v) is 3.95. The maximum Gasteiger partial charge on any atom is 0.417 e. The van der Waals surface area contributed by atoms with Crippen LogP contribution < -0.4 is 11.5 Å². The first kappa shape index (κ1) is 21.0. The molecule has 0 spiro atoms. The van der Waals surface area contributed by atoms with Crippen molar-refractivity contribution in [3.8, 4) is 11.4 Å². The molecule has 0 saturated heterocycles. The van der Waals surface area contributed by atoms with Crippen molar-refractivity contribution >= 4 is 17.2 Å². The summed E-state index contributed by atoms with van der Waals surface area (Å²) in [6.45, 7) is 1.47. The lowest BCUT2D eigenvalue weighted by molar-refractivity contribution is -0.137. The second kappa shape index (κ2) is 7.58. The van der Waals surface area contributed by atoms with E-state index in [1.54, 1.807) is 18.4 Å². The molecule has 0 aromatic carbocycles. The van der Waals surface area contributed by atoms with Gasteiger partial charge in [-0.3, -0.25) is 9.78 Å². The van der Waals surface area contributed by atoms with Gasteiger partial charge in [-0.05, 0) is 31.2 Å². The standard InChI is InChI=1S/C18H18F3N5O2S/c1-17(9-22,16-25-11(7-27)8-29-16)26-13(4-5-14(26)15(23)28)12-3-2-10(6-24-12)18(19,20)21/h2-6,8,27H,7,9,22H2,1H3,(H2,23,28). The molecule has 0 radical (unpaired) electrons. The number of carbonyl (C=O) groups is 1. The molecule has 154 valence electrons. The van der Waals surface area contributed by atoms with Crippen LogP contribution in [0.4, 0.5) is 13.2 Å². The minimum Gasteiger partial charge on any atom is -0.390 e. The molecule has 7 nitrogen and oxygen atoms in total. The summed E-state index contributed by atoms with van der Waals surface area (Å²) in [4.78, 5) is 20.3. The Bertz CT molecular complexity index is 1030. The van der Waals surface area contributed by atoms with Crippen LogP contribution >= 0.6 is 11.3 Å². The lowest BCUT2D eigenvalue weighted by atomic mass is 10.0. The SMILES string of the molecule is CC(CN)(c1nc(CO)cs1)n1c(C(N)=O)ccc1-c1ccc(C(F)(F)F)cn1. The number of thiazole rings is 1. The summed E-state index contributed by atoms with van der Waals surface area (Å²) in [6.07, 6.45) is -3.79. The van der Waals surface area contributed by atoms with E-state index in [4.69, 9.17) is 11.5 Å². The van der Waals surface area contributed by atoms with Gasteiger partial charge in [0.2, 0.25) is 0 Å². The van der Waals surface area contributed by atoms with Gasteiger partial charge in [0.15, 0.2) is 0 Å². The first-order valence-electron chi connectivity index (χ1n) is 8.43. The maximum atomic E-state index is 12.9. The van der Waals surface area contributed by atoms with Gasteiger partial charge in [-0.1, -0.05) is 0 Å². The fourth-order valence-electron chi connectivity index (χ4n) is 2.97. The highest BCUT2D eigenvalue weighted by Gasteiger charge is 2.36. The molecule has 1 amide bonds. The van der Waals surface area contributed by atoms with Gasteiger partial charge in [-0.25, -0.2) is 4.98 Å². The number of aromatic nitrogens is 3. The van der Waals surface area contributed by atoms with E-state index in [-0.39, 0.29) is 24.5 Å². The van der Waals surface area contributed by atoms with E-state index in [9.17, 15) is 23.1 Å². The van der Waals surface area contributed by atoms with E-state index in [0.29, 0.717) is 16.4 Å². The zero-order valence-corrected chi connectivity index (χ0v) is 16.1. The number of nitrogens with zero attached hydrogens (tertiary/aromatic N) is 3. The second-order valence-corrected chi connectivity index (χ2v) is 7.37. The first-order valence-corrected chi connectivity index (χ1v) is 9.31. The largest absolute Gasteiger partial charge is 0.417 e. The molecule has 11 heteroatoms. The highest BCUT2D eigenvalue weighted by atomic mass is 32.1. The summed E-state index contributed by atoms with van der Waals surface area (Å²) in [5.74, 6) is -0.734. The molecule has 1 unspecified atom stereocenters. The molecule has 3 aromatic rings. The number of nitrogens with two attached hydrogens (primary N) is 2. The smallest absolute Gasteiger partial charge is 0.390 e. The summed E-state index contributed by atoms with van der Waals surface area (Å²) in [5, 5.41) is 11.5. The van der Waals surface area contributed by atoms with Crippen molar-refractivity contribution in [1.29, 1.82) is 0 Å². The van der Waals surface area contributed by atoms with E-state index in [0.717, 1.165) is 12.3 Å². The van der Waals surface area contributed by atoms with Crippen LogP contribution in [0, 0.1) is 0 Å². The molecule has 0 aliphatic heterocycles. The molecular formula is C18H18F3N5O2S. The molecule has 3 aromatic heterocycles. The third-order valence-electron chi connectivity index (χ3n) is 4.55. The summed E-state index contributed by atoms with van der Waals surface area (Å²) in [5.41, 5.74) is 10.7. The second-order valence-electron chi connectivity index (χ2n) is 6.51. The number of primary amides is 1. The zero-order valence-electron chi connectivity index (χ0n) is 15.3. The Kier molecular flexibility index (Phi) is 5.48. The Morgan fingerprint density at radius 1 is 1.28 bits per heavy atom. The fraction of sp³-hybridized carbons (Fsp3) is 0.278.